The number of hydrogen-bond donors (Lipinski definition) is 0. The molecule has 1 rings (SSSR count). The molecule has 0 saturated heterocycles. The van der Waals surface area contributed by atoms with Gasteiger partial charge in [0.05, 0.1) is 17.5 Å². The Morgan fingerprint density at radius 1 is 1.53 bits per heavy atom. The molecule has 0 unspecified atom stereocenters. The first-order valence-electron chi connectivity index (χ1n) is 4.59. The molecule has 15 heavy (non-hydrogen) atoms. The highest BCUT2D eigenvalue weighted by atomic mass is 32.2. The fourth-order valence-electron chi connectivity index (χ4n) is 1.16. The maximum Gasteiger partial charge on any atom is 0.162 e. The van der Waals surface area contributed by atoms with Crippen molar-refractivity contribution in [3.63, 3.8) is 0 Å². The number of aryl methyl sites for hydroxylation is 1. The molecule has 1 heterocycles. The topological polar surface area (TPSA) is 69.0 Å². The SMILES string of the molecule is CC(=O)c1cnn(CCCS(C)(=O)=O)c1. The minimum absolute atomic E-state index is 0.0376. The van der Waals surface area contributed by atoms with Gasteiger partial charge in [0.25, 0.3) is 0 Å². The maximum absolute atomic E-state index is 10.9. The fourth-order valence-corrected chi connectivity index (χ4v) is 1.81. The quantitative estimate of drug-likeness (QED) is 0.691. The molecule has 0 fully saturated rings. The summed E-state index contributed by atoms with van der Waals surface area (Å²) in [4.78, 5) is 10.9. The van der Waals surface area contributed by atoms with Crippen LogP contribution >= 0.6 is 0 Å². The predicted molar refractivity (Wildman–Crippen MR) is 56.6 cm³/mol. The second kappa shape index (κ2) is 4.57. The highest BCUT2D eigenvalue weighted by molar-refractivity contribution is 7.90. The van der Waals surface area contributed by atoms with Crippen molar-refractivity contribution in [2.75, 3.05) is 12.0 Å². The van der Waals surface area contributed by atoms with Crippen LogP contribution in [0.15, 0.2) is 12.4 Å². The van der Waals surface area contributed by atoms with Crippen LogP contribution in [0.2, 0.25) is 0 Å². The summed E-state index contributed by atoms with van der Waals surface area (Å²) in [7, 11) is -2.91. The average molecular weight is 230 g/mol. The first-order valence-corrected chi connectivity index (χ1v) is 6.65. The van der Waals surface area contributed by atoms with E-state index < -0.39 is 9.84 Å². The molecule has 84 valence electrons. The molecular formula is C9H14N2O3S. The molecule has 0 atom stereocenters. The number of hydrogen-bond acceptors (Lipinski definition) is 4. The normalized spacial score (nSPS) is 11.6. The van der Waals surface area contributed by atoms with E-state index in [4.69, 9.17) is 0 Å². The lowest BCUT2D eigenvalue weighted by molar-refractivity contribution is 0.101. The zero-order valence-electron chi connectivity index (χ0n) is 8.80. The van der Waals surface area contributed by atoms with Gasteiger partial charge in [0.1, 0.15) is 9.84 Å². The molecule has 1 aromatic rings. The Labute approximate surface area is 89.0 Å². The summed E-state index contributed by atoms with van der Waals surface area (Å²) in [6.45, 7) is 1.98. The summed E-state index contributed by atoms with van der Waals surface area (Å²) in [5, 5.41) is 3.96. The van der Waals surface area contributed by atoms with Gasteiger partial charge in [-0.15, -0.1) is 0 Å². The van der Waals surface area contributed by atoms with E-state index in [-0.39, 0.29) is 11.5 Å². The molecule has 0 aromatic carbocycles. The van der Waals surface area contributed by atoms with Crippen molar-refractivity contribution in [1.82, 2.24) is 9.78 Å². The molecule has 0 saturated carbocycles. The van der Waals surface area contributed by atoms with Crippen LogP contribution in [-0.2, 0) is 16.4 Å². The molecular weight excluding hydrogens is 216 g/mol. The number of sulfone groups is 1. The van der Waals surface area contributed by atoms with E-state index in [1.807, 2.05) is 0 Å². The number of ketones is 1. The van der Waals surface area contributed by atoms with Crippen LogP contribution in [0, 0.1) is 0 Å². The third kappa shape index (κ3) is 4.24. The summed E-state index contributed by atoms with van der Waals surface area (Å²) in [5.41, 5.74) is 0.550. The van der Waals surface area contributed by atoms with Crippen molar-refractivity contribution in [3.05, 3.63) is 18.0 Å². The zero-order valence-corrected chi connectivity index (χ0v) is 9.62. The smallest absolute Gasteiger partial charge is 0.162 e. The van der Waals surface area contributed by atoms with Crippen LogP contribution in [0.4, 0.5) is 0 Å². The number of aromatic nitrogens is 2. The molecule has 6 heteroatoms. The van der Waals surface area contributed by atoms with Crippen molar-refractivity contribution in [3.8, 4) is 0 Å². The van der Waals surface area contributed by atoms with Gasteiger partial charge in [0, 0.05) is 19.0 Å². The van der Waals surface area contributed by atoms with Crippen LogP contribution < -0.4 is 0 Å². The molecule has 0 aliphatic rings. The van der Waals surface area contributed by atoms with Gasteiger partial charge in [-0.25, -0.2) is 8.42 Å². The van der Waals surface area contributed by atoms with Gasteiger partial charge in [-0.2, -0.15) is 5.10 Å². The van der Waals surface area contributed by atoms with Crippen LogP contribution in [-0.4, -0.2) is 36.0 Å². The third-order valence-corrected chi connectivity index (χ3v) is 2.97. The van der Waals surface area contributed by atoms with E-state index in [1.54, 1.807) is 10.9 Å². The van der Waals surface area contributed by atoms with E-state index in [0.29, 0.717) is 18.5 Å². The van der Waals surface area contributed by atoms with Gasteiger partial charge >= 0.3 is 0 Å². The predicted octanol–water partition coefficient (Wildman–Crippen LogP) is 0.520. The number of rotatable bonds is 5. The first-order chi connectivity index (χ1) is 6.88. The Morgan fingerprint density at radius 3 is 2.67 bits per heavy atom. The van der Waals surface area contributed by atoms with Crippen LogP contribution in [0.25, 0.3) is 0 Å². The molecule has 5 nitrogen and oxygen atoms in total. The highest BCUT2D eigenvalue weighted by Gasteiger charge is 2.05. The fraction of sp³-hybridized carbons (Fsp3) is 0.556. The summed E-state index contributed by atoms with van der Waals surface area (Å²) in [6, 6.07) is 0. The van der Waals surface area contributed by atoms with E-state index in [1.165, 1.54) is 19.4 Å². The Hall–Kier alpha value is -1.17. The van der Waals surface area contributed by atoms with Gasteiger partial charge in [0.15, 0.2) is 5.78 Å². The van der Waals surface area contributed by atoms with Gasteiger partial charge in [-0.05, 0) is 13.3 Å². The van der Waals surface area contributed by atoms with Gasteiger partial charge in [-0.3, -0.25) is 9.48 Å². The largest absolute Gasteiger partial charge is 0.294 e. The Morgan fingerprint density at radius 2 is 2.20 bits per heavy atom. The number of carbonyl (C=O) groups is 1. The summed E-state index contributed by atoms with van der Waals surface area (Å²) in [5.74, 6) is 0.104. The lowest BCUT2D eigenvalue weighted by Crippen LogP contribution is -2.07. The minimum atomic E-state index is -2.91. The van der Waals surface area contributed by atoms with Gasteiger partial charge in [0.2, 0.25) is 0 Å². The lowest BCUT2D eigenvalue weighted by atomic mass is 10.3. The van der Waals surface area contributed by atoms with E-state index >= 15 is 0 Å². The van der Waals surface area contributed by atoms with Crippen LogP contribution in [0.5, 0.6) is 0 Å². The van der Waals surface area contributed by atoms with Crippen molar-refractivity contribution in [2.24, 2.45) is 0 Å². The van der Waals surface area contributed by atoms with Crippen molar-refractivity contribution in [2.45, 2.75) is 19.9 Å². The van der Waals surface area contributed by atoms with Crippen molar-refractivity contribution < 1.29 is 13.2 Å². The Bertz CT molecular complexity index is 448. The Balaban J connectivity index is 2.48. The van der Waals surface area contributed by atoms with Crippen LogP contribution in [0.3, 0.4) is 0 Å². The van der Waals surface area contributed by atoms with Crippen molar-refractivity contribution in [1.29, 1.82) is 0 Å². The molecule has 0 bridgehead atoms. The van der Waals surface area contributed by atoms with E-state index in [2.05, 4.69) is 5.10 Å². The van der Waals surface area contributed by atoms with Gasteiger partial charge in [-0.1, -0.05) is 0 Å². The van der Waals surface area contributed by atoms with E-state index in [9.17, 15) is 13.2 Å². The van der Waals surface area contributed by atoms with Crippen molar-refractivity contribution >= 4 is 15.6 Å². The standard InChI is InChI=1S/C9H14N2O3S/c1-8(12)9-6-10-11(7-9)4-3-5-15(2,13)14/h6-7H,3-5H2,1-2H3. The summed E-state index contributed by atoms with van der Waals surface area (Å²) < 4.78 is 23.3. The Kier molecular flexibility index (Phi) is 3.62. The zero-order chi connectivity index (χ0) is 11.5. The number of Topliss-reactive ketones (excluding diaryl/α,β-unsaturated/α-hetero) is 1. The summed E-state index contributed by atoms with van der Waals surface area (Å²) in [6.07, 6.45) is 4.84. The number of nitrogens with zero attached hydrogens (tertiary/aromatic N) is 2. The maximum atomic E-state index is 10.9. The second-order valence-corrected chi connectivity index (χ2v) is 5.79. The lowest BCUT2D eigenvalue weighted by Gasteiger charge is -1.99. The second-order valence-electron chi connectivity index (χ2n) is 3.53. The van der Waals surface area contributed by atoms with E-state index in [0.717, 1.165) is 0 Å². The molecule has 0 aliphatic heterocycles. The minimum Gasteiger partial charge on any atom is -0.294 e. The molecule has 0 radical (unpaired) electrons. The monoisotopic (exact) mass is 230 g/mol. The molecule has 0 spiro atoms. The number of carbonyl (C=O) groups excluding carboxylic acids is 1. The summed E-state index contributed by atoms with van der Waals surface area (Å²) >= 11 is 0. The van der Waals surface area contributed by atoms with Crippen LogP contribution in [0.1, 0.15) is 23.7 Å². The molecule has 0 N–H and O–H groups in total. The third-order valence-electron chi connectivity index (χ3n) is 1.94. The molecule has 1 aromatic heterocycles. The molecule has 0 amide bonds. The average Bonchev–Trinajstić information content (AvgIpc) is 2.50. The highest BCUT2D eigenvalue weighted by Crippen LogP contribution is 2.00. The van der Waals surface area contributed by atoms with Gasteiger partial charge < -0.3 is 0 Å². The molecule has 0 aliphatic carbocycles. The first kappa shape index (κ1) is 11.9.